The van der Waals surface area contributed by atoms with E-state index in [2.05, 4.69) is 30.1 Å². The van der Waals surface area contributed by atoms with E-state index < -0.39 is 0 Å². The normalized spacial score (nSPS) is 14.4. The van der Waals surface area contributed by atoms with Crippen LogP contribution in [0.4, 0.5) is 0 Å². The molecule has 0 amide bonds. The third-order valence-corrected chi connectivity index (χ3v) is 4.23. The summed E-state index contributed by atoms with van der Waals surface area (Å²) in [6.45, 7) is 8.06. The fourth-order valence-corrected chi connectivity index (χ4v) is 2.63. The van der Waals surface area contributed by atoms with E-state index in [0.29, 0.717) is 18.4 Å². The fourth-order valence-electron chi connectivity index (χ4n) is 1.67. The topological polar surface area (TPSA) is 33.2 Å². The number of aromatic nitrogens is 1. The first kappa shape index (κ1) is 15.2. The first-order chi connectivity index (χ1) is 8.67. The smallest absolute Gasteiger partial charge is 0.134 e. The average Bonchev–Trinajstić information content (AvgIpc) is 2.39. The van der Waals surface area contributed by atoms with Crippen molar-refractivity contribution in [2.75, 3.05) is 13.1 Å². The molecule has 0 aliphatic carbocycles. The van der Waals surface area contributed by atoms with Crippen molar-refractivity contribution in [3.63, 3.8) is 0 Å². The van der Waals surface area contributed by atoms with Crippen LogP contribution in [-0.2, 0) is 4.79 Å². The lowest BCUT2D eigenvalue weighted by atomic mass is 9.94. The number of aldehydes is 1. The van der Waals surface area contributed by atoms with Gasteiger partial charge in [0.1, 0.15) is 11.3 Å². The second kappa shape index (κ2) is 8.27. The molecule has 1 heterocycles. The first-order valence-corrected chi connectivity index (χ1v) is 7.22. The van der Waals surface area contributed by atoms with Crippen LogP contribution in [0.3, 0.4) is 0 Å². The number of hydrogen-bond acceptors (Lipinski definition) is 4. The number of pyridine rings is 1. The van der Waals surface area contributed by atoms with Gasteiger partial charge >= 0.3 is 0 Å². The predicted molar refractivity (Wildman–Crippen MR) is 76.4 cm³/mol. The highest BCUT2D eigenvalue weighted by atomic mass is 32.2. The maximum atomic E-state index is 10.8. The molecule has 0 radical (unpaired) electrons. The standard InChI is InChI=1S/C14H22N2OS/c1-4-12(2)13(3)11-16(9-10-17)18-14-7-5-6-8-15-14/h5-8,10,12-13H,4,9,11H2,1-3H3. The van der Waals surface area contributed by atoms with Crippen LogP contribution in [0.2, 0.25) is 0 Å². The lowest BCUT2D eigenvalue weighted by Crippen LogP contribution is -2.27. The minimum absolute atomic E-state index is 0.446. The Labute approximate surface area is 114 Å². The molecule has 0 N–H and O–H groups in total. The van der Waals surface area contributed by atoms with Gasteiger partial charge in [-0.15, -0.1) is 0 Å². The number of nitrogens with zero attached hydrogens (tertiary/aromatic N) is 2. The van der Waals surface area contributed by atoms with Crippen LogP contribution < -0.4 is 0 Å². The third kappa shape index (κ3) is 5.19. The molecule has 100 valence electrons. The number of carbonyl (C=O) groups excluding carboxylic acids is 1. The largest absolute Gasteiger partial charge is 0.302 e. The zero-order valence-electron chi connectivity index (χ0n) is 11.4. The molecule has 0 spiro atoms. The highest BCUT2D eigenvalue weighted by molar-refractivity contribution is 7.97. The van der Waals surface area contributed by atoms with Crippen LogP contribution in [0.1, 0.15) is 27.2 Å². The summed E-state index contributed by atoms with van der Waals surface area (Å²) in [6.07, 6.45) is 3.91. The molecule has 0 saturated carbocycles. The van der Waals surface area contributed by atoms with Crippen LogP contribution in [0.15, 0.2) is 29.4 Å². The van der Waals surface area contributed by atoms with Gasteiger partial charge in [0.2, 0.25) is 0 Å². The maximum Gasteiger partial charge on any atom is 0.134 e. The fraction of sp³-hybridized carbons (Fsp3) is 0.571. The lowest BCUT2D eigenvalue weighted by molar-refractivity contribution is -0.108. The highest BCUT2D eigenvalue weighted by Gasteiger charge is 2.16. The van der Waals surface area contributed by atoms with E-state index in [1.165, 1.54) is 6.42 Å². The van der Waals surface area contributed by atoms with Crippen molar-refractivity contribution in [2.24, 2.45) is 11.8 Å². The molecule has 0 aromatic carbocycles. The van der Waals surface area contributed by atoms with Gasteiger partial charge in [0, 0.05) is 12.7 Å². The van der Waals surface area contributed by atoms with Gasteiger partial charge in [-0.05, 0) is 35.9 Å². The Morgan fingerprint density at radius 2 is 2.17 bits per heavy atom. The Hall–Kier alpha value is -0.870. The molecule has 1 aromatic heterocycles. The van der Waals surface area contributed by atoms with E-state index in [0.717, 1.165) is 17.9 Å². The van der Waals surface area contributed by atoms with Crippen LogP contribution in [0.5, 0.6) is 0 Å². The monoisotopic (exact) mass is 266 g/mol. The molecular formula is C14H22N2OS. The molecule has 0 fully saturated rings. The summed E-state index contributed by atoms with van der Waals surface area (Å²) in [5.74, 6) is 1.25. The minimum atomic E-state index is 0.446. The summed E-state index contributed by atoms with van der Waals surface area (Å²) in [4.78, 5) is 15.0. The zero-order chi connectivity index (χ0) is 13.4. The molecule has 3 nitrogen and oxygen atoms in total. The van der Waals surface area contributed by atoms with Crippen molar-refractivity contribution in [1.29, 1.82) is 0 Å². The van der Waals surface area contributed by atoms with Crippen molar-refractivity contribution < 1.29 is 4.79 Å². The van der Waals surface area contributed by atoms with Crippen molar-refractivity contribution >= 4 is 18.2 Å². The summed E-state index contributed by atoms with van der Waals surface area (Å²) >= 11 is 1.56. The van der Waals surface area contributed by atoms with Crippen molar-refractivity contribution in [2.45, 2.75) is 32.2 Å². The Morgan fingerprint density at radius 1 is 1.39 bits per heavy atom. The van der Waals surface area contributed by atoms with E-state index in [1.54, 1.807) is 18.1 Å². The van der Waals surface area contributed by atoms with Crippen LogP contribution in [0.25, 0.3) is 0 Å². The molecule has 0 bridgehead atoms. The summed E-state index contributed by atoms with van der Waals surface area (Å²) in [7, 11) is 0. The van der Waals surface area contributed by atoms with Gasteiger partial charge in [0.15, 0.2) is 0 Å². The molecule has 18 heavy (non-hydrogen) atoms. The second-order valence-electron chi connectivity index (χ2n) is 4.64. The predicted octanol–water partition coefficient (Wildman–Crippen LogP) is 3.27. The number of hydrogen-bond donors (Lipinski definition) is 0. The van der Waals surface area contributed by atoms with Crippen molar-refractivity contribution in [3.05, 3.63) is 24.4 Å². The Morgan fingerprint density at radius 3 is 2.72 bits per heavy atom. The third-order valence-electron chi connectivity index (χ3n) is 3.25. The Kier molecular flexibility index (Phi) is 6.98. The Balaban J connectivity index is 2.57. The van der Waals surface area contributed by atoms with E-state index >= 15 is 0 Å². The highest BCUT2D eigenvalue weighted by Crippen LogP contribution is 2.23. The molecule has 1 rings (SSSR count). The van der Waals surface area contributed by atoms with Crippen molar-refractivity contribution in [1.82, 2.24) is 9.29 Å². The quantitative estimate of drug-likeness (QED) is 0.534. The molecule has 2 atom stereocenters. The molecule has 0 aliphatic heterocycles. The van der Waals surface area contributed by atoms with Crippen molar-refractivity contribution in [3.8, 4) is 0 Å². The van der Waals surface area contributed by atoms with Gasteiger partial charge in [0.05, 0.1) is 6.54 Å². The molecule has 2 unspecified atom stereocenters. The van der Waals surface area contributed by atoms with E-state index in [-0.39, 0.29) is 0 Å². The summed E-state index contributed by atoms with van der Waals surface area (Å²) in [6, 6.07) is 5.83. The van der Waals surface area contributed by atoms with Gasteiger partial charge in [0.25, 0.3) is 0 Å². The number of rotatable bonds is 8. The van der Waals surface area contributed by atoms with Crippen LogP contribution >= 0.6 is 11.9 Å². The van der Waals surface area contributed by atoms with E-state index in [1.807, 2.05) is 18.2 Å². The van der Waals surface area contributed by atoms with Crippen LogP contribution in [0, 0.1) is 11.8 Å². The van der Waals surface area contributed by atoms with E-state index in [9.17, 15) is 4.79 Å². The molecule has 0 aliphatic rings. The Bertz CT molecular complexity index is 345. The second-order valence-corrected chi connectivity index (χ2v) is 5.75. The van der Waals surface area contributed by atoms with Gasteiger partial charge in [-0.2, -0.15) is 0 Å². The van der Waals surface area contributed by atoms with Gasteiger partial charge in [-0.25, -0.2) is 9.29 Å². The summed E-state index contributed by atoms with van der Waals surface area (Å²) in [5, 5.41) is 0.940. The van der Waals surface area contributed by atoms with Gasteiger partial charge < -0.3 is 4.79 Å². The average molecular weight is 266 g/mol. The number of carbonyl (C=O) groups is 1. The zero-order valence-corrected chi connectivity index (χ0v) is 12.2. The summed E-state index contributed by atoms with van der Waals surface area (Å²) in [5.41, 5.74) is 0. The van der Waals surface area contributed by atoms with Gasteiger partial charge in [-0.1, -0.05) is 33.3 Å². The minimum Gasteiger partial charge on any atom is -0.302 e. The molecule has 4 heteroatoms. The maximum absolute atomic E-state index is 10.8. The summed E-state index contributed by atoms with van der Waals surface area (Å²) < 4.78 is 2.09. The molecule has 0 saturated heterocycles. The SMILES string of the molecule is CCC(C)C(C)CN(CC=O)Sc1ccccn1. The first-order valence-electron chi connectivity index (χ1n) is 6.45. The lowest BCUT2D eigenvalue weighted by Gasteiger charge is -2.25. The molecule has 1 aromatic rings. The van der Waals surface area contributed by atoms with E-state index in [4.69, 9.17) is 0 Å². The van der Waals surface area contributed by atoms with Gasteiger partial charge in [-0.3, -0.25) is 0 Å². The molecular weight excluding hydrogens is 244 g/mol. The van der Waals surface area contributed by atoms with Crippen LogP contribution in [-0.4, -0.2) is 28.7 Å².